The van der Waals surface area contributed by atoms with Gasteiger partial charge >= 0.3 is 0 Å². The Morgan fingerprint density at radius 1 is 1.43 bits per heavy atom. The highest BCUT2D eigenvalue weighted by Crippen LogP contribution is 2.32. The Balaban J connectivity index is 1.78. The molecule has 5 nitrogen and oxygen atoms in total. The molecule has 0 fully saturated rings. The summed E-state index contributed by atoms with van der Waals surface area (Å²) >= 11 is 0. The number of methoxy groups -OCH3 is 1. The van der Waals surface area contributed by atoms with Crippen molar-refractivity contribution in [3.8, 4) is 11.6 Å². The van der Waals surface area contributed by atoms with Gasteiger partial charge in [0.2, 0.25) is 5.88 Å². The monoisotopic (exact) mass is 287 g/mol. The molecule has 1 atom stereocenters. The van der Waals surface area contributed by atoms with Gasteiger partial charge in [-0.3, -0.25) is 0 Å². The predicted molar refractivity (Wildman–Crippen MR) is 80.6 cm³/mol. The predicted octanol–water partition coefficient (Wildman–Crippen LogP) is 2.35. The summed E-state index contributed by atoms with van der Waals surface area (Å²) in [7, 11) is 3.59. The van der Waals surface area contributed by atoms with Gasteiger partial charge in [-0.1, -0.05) is 18.2 Å². The highest BCUT2D eigenvalue weighted by molar-refractivity contribution is 5.38. The summed E-state index contributed by atoms with van der Waals surface area (Å²) in [5, 5.41) is 8.03. The van der Waals surface area contributed by atoms with Gasteiger partial charge in [0.05, 0.1) is 25.0 Å². The third kappa shape index (κ3) is 2.61. The zero-order valence-corrected chi connectivity index (χ0v) is 12.7. The topological polar surface area (TPSA) is 48.3 Å². The minimum atomic E-state index is 0.305. The maximum atomic E-state index is 5.70. The Kier molecular flexibility index (Phi) is 3.84. The smallest absolute Gasteiger partial charge is 0.216 e. The number of aromatic nitrogens is 2. The number of ether oxygens (including phenoxy) is 2. The number of nitrogens with one attached hydrogen (secondary N) is 1. The first-order valence-electron chi connectivity index (χ1n) is 7.22. The van der Waals surface area contributed by atoms with Crippen molar-refractivity contribution < 1.29 is 9.47 Å². The molecular weight excluding hydrogens is 266 g/mol. The quantitative estimate of drug-likeness (QED) is 0.938. The highest BCUT2D eigenvalue weighted by Gasteiger charge is 2.22. The summed E-state index contributed by atoms with van der Waals surface area (Å²) in [4.78, 5) is 0. The standard InChI is InChI=1S/C16H21N3O2/c1-11-13(16(20-3)19(2)18-11)10-17-14-8-9-21-15-7-5-4-6-12(14)15/h4-7,14,17H,8-10H2,1-3H3/t14-/m1/s1. The average Bonchev–Trinajstić information content (AvgIpc) is 2.78. The molecular formula is C16H21N3O2. The van der Waals surface area contributed by atoms with Crippen molar-refractivity contribution in [3.05, 3.63) is 41.1 Å². The van der Waals surface area contributed by atoms with Crippen LogP contribution in [0.3, 0.4) is 0 Å². The zero-order valence-electron chi connectivity index (χ0n) is 12.7. The van der Waals surface area contributed by atoms with Crippen LogP contribution in [0.15, 0.2) is 24.3 Å². The fourth-order valence-electron chi connectivity index (χ4n) is 2.92. The second-order valence-electron chi connectivity index (χ2n) is 5.31. The maximum Gasteiger partial charge on any atom is 0.216 e. The number of rotatable bonds is 4. The molecule has 1 aliphatic rings. The van der Waals surface area contributed by atoms with E-state index in [0.717, 1.165) is 42.5 Å². The van der Waals surface area contributed by atoms with E-state index >= 15 is 0 Å². The first-order valence-corrected chi connectivity index (χ1v) is 7.22. The summed E-state index contributed by atoms with van der Waals surface area (Å²) in [5.41, 5.74) is 3.34. The van der Waals surface area contributed by atoms with Crippen molar-refractivity contribution >= 4 is 0 Å². The minimum Gasteiger partial charge on any atom is -0.493 e. The van der Waals surface area contributed by atoms with E-state index < -0.39 is 0 Å². The van der Waals surface area contributed by atoms with Crippen molar-refractivity contribution in [3.63, 3.8) is 0 Å². The summed E-state index contributed by atoms with van der Waals surface area (Å²) in [6, 6.07) is 8.52. The van der Waals surface area contributed by atoms with E-state index in [2.05, 4.69) is 22.5 Å². The summed E-state index contributed by atoms with van der Waals surface area (Å²) in [6.45, 7) is 3.50. The Morgan fingerprint density at radius 3 is 3.05 bits per heavy atom. The molecule has 5 heteroatoms. The van der Waals surface area contributed by atoms with Crippen molar-refractivity contribution in [2.24, 2.45) is 7.05 Å². The molecule has 2 heterocycles. The number of para-hydroxylation sites is 1. The molecule has 1 aromatic carbocycles. The van der Waals surface area contributed by atoms with Gasteiger partial charge in [-0.2, -0.15) is 5.10 Å². The van der Waals surface area contributed by atoms with Crippen molar-refractivity contribution in [1.82, 2.24) is 15.1 Å². The fourth-order valence-corrected chi connectivity index (χ4v) is 2.92. The zero-order chi connectivity index (χ0) is 14.8. The third-order valence-electron chi connectivity index (χ3n) is 3.97. The molecule has 0 spiro atoms. The molecule has 0 radical (unpaired) electrons. The molecule has 0 unspecified atom stereocenters. The Bertz CT molecular complexity index is 636. The average molecular weight is 287 g/mol. The minimum absolute atomic E-state index is 0.305. The van der Waals surface area contributed by atoms with Gasteiger partial charge in [0.25, 0.3) is 0 Å². The van der Waals surface area contributed by atoms with Crippen LogP contribution in [-0.4, -0.2) is 23.5 Å². The van der Waals surface area contributed by atoms with E-state index in [1.807, 2.05) is 26.1 Å². The summed E-state index contributed by atoms with van der Waals surface area (Å²) in [5.74, 6) is 1.80. The molecule has 21 heavy (non-hydrogen) atoms. The van der Waals surface area contributed by atoms with Crippen LogP contribution < -0.4 is 14.8 Å². The Morgan fingerprint density at radius 2 is 2.24 bits per heavy atom. The third-order valence-corrected chi connectivity index (χ3v) is 3.97. The van der Waals surface area contributed by atoms with Gasteiger partial charge in [0.1, 0.15) is 5.75 Å². The maximum absolute atomic E-state index is 5.70. The first kappa shape index (κ1) is 13.9. The van der Waals surface area contributed by atoms with Crippen LogP contribution in [-0.2, 0) is 13.6 Å². The number of aryl methyl sites for hydroxylation is 2. The van der Waals surface area contributed by atoms with Crippen LogP contribution >= 0.6 is 0 Å². The normalized spacial score (nSPS) is 17.2. The molecule has 0 saturated carbocycles. The number of hydrogen-bond donors (Lipinski definition) is 1. The molecule has 1 aromatic heterocycles. The molecule has 0 saturated heterocycles. The first-order chi connectivity index (χ1) is 10.2. The van der Waals surface area contributed by atoms with Crippen LogP contribution in [0.4, 0.5) is 0 Å². The Labute approximate surface area is 124 Å². The largest absolute Gasteiger partial charge is 0.493 e. The van der Waals surface area contributed by atoms with E-state index in [1.165, 1.54) is 5.56 Å². The molecule has 1 aliphatic heterocycles. The van der Waals surface area contributed by atoms with E-state index in [1.54, 1.807) is 11.8 Å². The molecule has 2 aromatic rings. The molecule has 0 amide bonds. The van der Waals surface area contributed by atoms with Crippen LogP contribution in [0.2, 0.25) is 0 Å². The van der Waals surface area contributed by atoms with Crippen molar-refractivity contribution in [1.29, 1.82) is 0 Å². The second-order valence-corrected chi connectivity index (χ2v) is 5.31. The Hall–Kier alpha value is -2.01. The van der Waals surface area contributed by atoms with Crippen LogP contribution in [0.5, 0.6) is 11.6 Å². The molecule has 0 bridgehead atoms. The van der Waals surface area contributed by atoms with Crippen molar-refractivity contribution in [2.45, 2.75) is 25.9 Å². The van der Waals surface area contributed by atoms with E-state index in [-0.39, 0.29) is 0 Å². The SMILES string of the molecule is COc1c(CN[C@@H]2CCOc3ccccc32)c(C)nn1C. The molecule has 0 aliphatic carbocycles. The highest BCUT2D eigenvalue weighted by atomic mass is 16.5. The van der Waals surface area contributed by atoms with Gasteiger partial charge in [0.15, 0.2) is 0 Å². The molecule has 3 rings (SSSR count). The summed E-state index contributed by atoms with van der Waals surface area (Å²) < 4.78 is 12.9. The number of nitrogens with zero attached hydrogens (tertiary/aromatic N) is 2. The van der Waals surface area contributed by atoms with Gasteiger partial charge in [-0.05, 0) is 13.0 Å². The number of hydrogen-bond acceptors (Lipinski definition) is 4. The second kappa shape index (κ2) is 5.77. The fraction of sp³-hybridized carbons (Fsp3) is 0.438. The lowest BCUT2D eigenvalue weighted by atomic mass is 10.0. The van der Waals surface area contributed by atoms with E-state index in [9.17, 15) is 0 Å². The van der Waals surface area contributed by atoms with Crippen LogP contribution in [0.1, 0.15) is 29.3 Å². The van der Waals surface area contributed by atoms with Crippen molar-refractivity contribution in [2.75, 3.05) is 13.7 Å². The van der Waals surface area contributed by atoms with E-state index in [4.69, 9.17) is 9.47 Å². The van der Waals surface area contributed by atoms with Gasteiger partial charge < -0.3 is 14.8 Å². The molecule has 112 valence electrons. The van der Waals surface area contributed by atoms with Crippen LogP contribution in [0, 0.1) is 6.92 Å². The van der Waals surface area contributed by atoms with E-state index in [0.29, 0.717) is 6.04 Å². The summed E-state index contributed by atoms with van der Waals surface area (Å²) in [6.07, 6.45) is 0.971. The van der Waals surface area contributed by atoms with Gasteiger partial charge in [-0.25, -0.2) is 4.68 Å². The van der Waals surface area contributed by atoms with Crippen LogP contribution in [0.25, 0.3) is 0 Å². The lowest BCUT2D eigenvalue weighted by Crippen LogP contribution is -2.27. The lowest BCUT2D eigenvalue weighted by molar-refractivity contribution is 0.251. The van der Waals surface area contributed by atoms with Gasteiger partial charge in [-0.15, -0.1) is 0 Å². The molecule has 1 N–H and O–H groups in total. The number of benzene rings is 1. The van der Waals surface area contributed by atoms with Gasteiger partial charge in [0, 0.05) is 31.6 Å². The number of fused-ring (bicyclic) bond motifs is 1. The lowest BCUT2D eigenvalue weighted by Gasteiger charge is -2.26.